The Morgan fingerprint density at radius 1 is 1.50 bits per heavy atom. The number of carboxylic acid groups (broad SMARTS) is 1. The van der Waals surface area contributed by atoms with Crippen molar-refractivity contribution in [3.8, 4) is 0 Å². The Kier molecular flexibility index (Phi) is 4.66. The molecule has 16 heavy (non-hydrogen) atoms. The van der Waals surface area contributed by atoms with Crippen molar-refractivity contribution in [1.29, 1.82) is 0 Å². The molecule has 0 unspecified atom stereocenters. The zero-order chi connectivity index (χ0) is 12.0. The third-order valence-corrected chi connectivity index (χ3v) is 1.94. The molecule has 3 nitrogen and oxygen atoms in total. The van der Waals surface area contributed by atoms with Crippen molar-refractivity contribution in [2.24, 2.45) is 0 Å². The van der Waals surface area contributed by atoms with Gasteiger partial charge in [-0.2, -0.15) is 0 Å². The molecule has 0 aliphatic carbocycles. The largest absolute Gasteiger partial charge is 0.478 e. The fraction of sp³-hybridized carbons (Fsp3) is 0.250. The molecule has 0 aliphatic rings. The Balaban J connectivity index is 2.65. The van der Waals surface area contributed by atoms with E-state index >= 15 is 0 Å². The highest BCUT2D eigenvalue weighted by Crippen LogP contribution is 2.10. The predicted molar refractivity (Wildman–Crippen MR) is 57.8 cm³/mol. The molecule has 0 amide bonds. The summed E-state index contributed by atoms with van der Waals surface area (Å²) in [6, 6.07) is 3.65. The minimum absolute atomic E-state index is 0.0673. The first-order valence-electron chi connectivity index (χ1n) is 4.85. The Hall–Kier alpha value is -1.68. The number of benzene rings is 1. The summed E-state index contributed by atoms with van der Waals surface area (Å²) >= 11 is 0. The van der Waals surface area contributed by atoms with E-state index in [1.165, 1.54) is 12.1 Å². The lowest BCUT2D eigenvalue weighted by molar-refractivity contribution is 0.0695. The predicted octanol–water partition coefficient (Wildman–Crippen LogP) is 2.62. The van der Waals surface area contributed by atoms with Gasteiger partial charge in [0.1, 0.15) is 5.82 Å². The van der Waals surface area contributed by atoms with Gasteiger partial charge in [0.2, 0.25) is 0 Å². The molecular formula is C12H13FO3. The smallest absolute Gasteiger partial charge is 0.335 e. The van der Waals surface area contributed by atoms with Gasteiger partial charge in [-0.1, -0.05) is 6.08 Å². The minimum Gasteiger partial charge on any atom is -0.478 e. The SMILES string of the molecule is C=CCCOCc1cc(F)cc(C(=O)O)c1. The third kappa shape index (κ3) is 3.82. The monoisotopic (exact) mass is 224 g/mol. The Labute approximate surface area is 93.2 Å². The van der Waals surface area contributed by atoms with Crippen molar-refractivity contribution in [3.63, 3.8) is 0 Å². The molecule has 4 heteroatoms. The molecule has 0 bridgehead atoms. The average Bonchev–Trinajstić information content (AvgIpc) is 2.23. The van der Waals surface area contributed by atoms with Crippen LogP contribution < -0.4 is 0 Å². The molecule has 0 saturated carbocycles. The van der Waals surface area contributed by atoms with Crippen LogP contribution in [-0.2, 0) is 11.3 Å². The van der Waals surface area contributed by atoms with E-state index in [4.69, 9.17) is 9.84 Å². The van der Waals surface area contributed by atoms with E-state index in [1.807, 2.05) is 0 Å². The van der Waals surface area contributed by atoms with Crippen molar-refractivity contribution >= 4 is 5.97 Å². The zero-order valence-electron chi connectivity index (χ0n) is 8.78. The molecule has 1 N–H and O–H groups in total. The summed E-state index contributed by atoms with van der Waals surface area (Å²) in [4.78, 5) is 10.7. The standard InChI is InChI=1S/C12H13FO3/c1-2-3-4-16-8-9-5-10(12(14)15)7-11(13)6-9/h2,5-7H,1,3-4,8H2,(H,14,15). The van der Waals surface area contributed by atoms with Crippen molar-refractivity contribution < 1.29 is 19.0 Å². The summed E-state index contributed by atoms with van der Waals surface area (Å²) in [6.07, 6.45) is 2.43. The second kappa shape index (κ2) is 6.02. The van der Waals surface area contributed by atoms with Gasteiger partial charge < -0.3 is 9.84 Å². The molecule has 1 rings (SSSR count). The summed E-state index contributed by atoms with van der Waals surface area (Å²) in [5, 5.41) is 8.72. The van der Waals surface area contributed by atoms with Crippen LogP contribution in [0.5, 0.6) is 0 Å². The summed E-state index contributed by atoms with van der Waals surface area (Å²) < 4.78 is 18.2. The van der Waals surface area contributed by atoms with E-state index in [9.17, 15) is 9.18 Å². The maximum Gasteiger partial charge on any atom is 0.335 e. The van der Waals surface area contributed by atoms with E-state index in [2.05, 4.69) is 6.58 Å². The third-order valence-electron chi connectivity index (χ3n) is 1.94. The van der Waals surface area contributed by atoms with Crippen molar-refractivity contribution in [2.45, 2.75) is 13.0 Å². The number of ether oxygens (including phenoxy) is 1. The molecule has 0 aromatic heterocycles. The second-order valence-corrected chi connectivity index (χ2v) is 3.28. The Morgan fingerprint density at radius 2 is 2.25 bits per heavy atom. The number of aromatic carboxylic acids is 1. The lowest BCUT2D eigenvalue weighted by Crippen LogP contribution is -2.01. The first-order valence-corrected chi connectivity index (χ1v) is 4.85. The van der Waals surface area contributed by atoms with Gasteiger partial charge in [0.25, 0.3) is 0 Å². The van der Waals surface area contributed by atoms with Crippen LogP contribution in [0.1, 0.15) is 22.3 Å². The molecule has 0 spiro atoms. The highest BCUT2D eigenvalue weighted by Gasteiger charge is 2.06. The van der Waals surface area contributed by atoms with Crippen molar-refractivity contribution in [2.75, 3.05) is 6.61 Å². The van der Waals surface area contributed by atoms with Gasteiger partial charge in [-0.15, -0.1) is 6.58 Å². The van der Waals surface area contributed by atoms with Gasteiger partial charge in [-0.3, -0.25) is 0 Å². The highest BCUT2D eigenvalue weighted by molar-refractivity contribution is 5.87. The summed E-state index contributed by atoms with van der Waals surface area (Å²) in [5.74, 6) is -1.71. The molecule has 0 radical (unpaired) electrons. The molecule has 0 fully saturated rings. The fourth-order valence-corrected chi connectivity index (χ4v) is 1.21. The number of rotatable bonds is 6. The average molecular weight is 224 g/mol. The minimum atomic E-state index is -1.15. The van der Waals surface area contributed by atoms with Crippen LogP contribution in [0, 0.1) is 5.82 Å². The normalized spacial score (nSPS) is 10.1. The Morgan fingerprint density at radius 3 is 2.88 bits per heavy atom. The molecule has 0 saturated heterocycles. The van der Waals surface area contributed by atoms with Crippen LogP contribution in [0.15, 0.2) is 30.9 Å². The second-order valence-electron chi connectivity index (χ2n) is 3.28. The number of carboxylic acids is 1. The summed E-state index contributed by atoms with van der Waals surface area (Å²) in [6.45, 7) is 4.23. The number of hydrogen-bond donors (Lipinski definition) is 1. The van der Waals surface area contributed by atoms with Gasteiger partial charge >= 0.3 is 5.97 Å². The topological polar surface area (TPSA) is 46.5 Å². The zero-order valence-corrected chi connectivity index (χ0v) is 8.78. The van der Waals surface area contributed by atoms with Crippen LogP contribution in [-0.4, -0.2) is 17.7 Å². The van der Waals surface area contributed by atoms with Crippen LogP contribution in [0.25, 0.3) is 0 Å². The van der Waals surface area contributed by atoms with Gasteiger partial charge in [0.05, 0.1) is 18.8 Å². The molecule has 1 aromatic rings. The van der Waals surface area contributed by atoms with Crippen molar-refractivity contribution in [3.05, 3.63) is 47.8 Å². The van der Waals surface area contributed by atoms with E-state index in [0.29, 0.717) is 18.6 Å². The number of halogens is 1. The maximum absolute atomic E-state index is 13.0. The summed E-state index contributed by atoms with van der Waals surface area (Å²) in [5.41, 5.74) is 0.448. The van der Waals surface area contributed by atoms with Crippen molar-refractivity contribution in [1.82, 2.24) is 0 Å². The number of carbonyl (C=O) groups is 1. The van der Waals surface area contributed by atoms with Crippen LogP contribution in [0.4, 0.5) is 4.39 Å². The molecule has 1 aromatic carbocycles. The Bertz CT molecular complexity index is 388. The first-order chi connectivity index (χ1) is 7.63. The first kappa shape index (κ1) is 12.4. The quantitative estimate of drug-likeness (QED) is 0.596. The van der Waals surface area contributed by atoms with E-state index in [-0.39, 0.29) is 12.2 Å². The summed E-state index contributed by atoms with van der Waals surface area (Å²) in [7, 11) is 0. The van der Waals surface area contributed by atoms with Gasteiger partial charge in [-0.05, 0) is 30.2 Å². The van der Waals surface area contributed by atoms with Crippen LogP contribution >= 0.6 is 0 Å². The lowest BCUT2D eigenvalue weighted by Gasteiger charge is -2.04. The highest BCUT2D eigenvalue weighted by atomic mass is 19.1. The maximum atomic E-state index is 13.0. The molecule has 0 heterocycles. The van der Waals surface area contributed by atoms with Gasteiger partial charge in [-0.25, -0.2) is 9.18 Å². The number of hydrogen-bond acceptors (Lipinski definition) is 2. The molecule has 0 aliphatic heterocycles. The van der Waals surface area contributed by atoms with Gasteiger partial charge in [0.15, 0.2) is 0 Å². The molecule has 0 atom stereocenters. The van der Waals surface area contributed by atoms with E-state index in [1.54, 1.807) is 6.08 Å². The van der Waals surface area contributed by atoms with Crippen LogP contribution in [0.3, 0.4) is 0 Å². The fourth-order valence-electron chi connectivity index (χ4n) is 1.21. The molecular weight excluding hydrogens is 211 g/mol. The van der Waals surface area contributed by atoms with E-state index in [0.717, 1.165) is 6.07 Å². The van der Waals surface area contributed by atoms with E-state index < -0.39 is 11.8 Å². The lowest BCUT2D eigenvalue weighted by atomic mass is 10.1. The van der Waals surface area contributed by atoms with Gasteiger partial charge in [0, 0.05) is 0 Å². The van der Waals surface area contributed by atoms with Crippen LogP contribution in [0.2, 0.25) is 0 Å². The molecule has 86 valence electrons.